The fourth-order valence-corrected chi connectivity index (χ4v) is 1.41. The zero-order chi connectivity index (χ0) is 11.5. The van der Waals surface area contributed by atoms with Crippen molar-refractivity contribution in [2.24, 2.45) is 0 Å². The van der Waals surface area contributed by atoms with Gasteiger partial charge in [0.25, 0.3) is 5.95 Å². The van der Waals surface area contributed by atoms with Crippen LogP contribution in [0.3, 0.4) is 0 Å². The zero-order valence-corrected chi connectivity index (χ0v) is 9.49. The van der Waals surface area contributed by atoms with Crippen molar-refractivity contribution in [1.82, 2.24) is 0 Å². The minimum atomic E-state index is -0.136. The van der Waals surface area contributed by atoms with E-state index in [0.717, 1.165) is 5.56 Å². The average Bonchev–Trinajstić information content (AvgIpc) is 2.71. The minimum absolute atomic E-state index is 0.136. The van der Waals surface area contributed by atoms with Crippen LogP contribution in [0.1, 0.15) is 11.3 Å². The van der Waals surface area contributed by atoms with Crippen molar-refractivity contribution in [2.45, 2.75) is 13.5 Å². The fourth-order valence-electron chi connectivity index (χ4n) is 1.29. The molecular weight excluding hydrogens is 228 g/mol. The Balaban J connectivity index is 2.17. The number of aliphatic hydroxyl groups is 1. The first kappa shape index (κ1) is 11.0. The van der Waals surface area contributed by atoms with Crippen LogP contribution in [-0.4, -0.2) is 5.11 Å². The van der Waals surface area contributed by atoms with Gasteiger partial charge in [-0.05, 0) is 36.8 Å². The third-order valence-corrected chi connectivity index (χ3v) is 2.56. The second-order valence-corrected chi connectivity index (χ2v) is 3.80. The summed E-state index contributed by atoms with van der Waals surface area (Å²) in [5.74, 6) is 1.48. The smallest absolute Gasteiger partial charge is 0.290 e. The molecule has 0 amide bonds. The summed E-state index contributed by atoms with van der Waals surface area (Å²) in [6.07, 6.45) is 0. The second kappa shape index (κ2) is 4.60. The van der Waals surface area contributed by atoms with Crippen LogP contribution in [0.2, 0.25) is 5.02 Å². The standard InChI is InChI=1S/C12H11ClO3/c1-8-6-9(2-4-11(8)13)15-12-5-3-10(7-14)16-12/h2-6,14H,7H2,1H3. The normalized spacial score (nSPS) is 10.4. The van der Waals surface area contributed by atoms with E-state index in [1.165, 1.54) is 0 Å². The summed E-state index contributed by atoms with van der Waals surface area (Å²) in [4.78, 5) is 0. The molecule has 0 saturated carbocycles. The van der Waals surface area contributed by atoms with Crippen LogP contribution in [-0.2, 0) is 6.61 Å². The van der Waals surface area contributed by atoms with Crippen LogP contribution in [0, 0.1) is 6.92 Å². The number of furan rings is 1. The molecule has 1 aromatic carbocycles. The molecule has 2 rings (SSSR count). The molecule has 1 aromatic heterocycles. The van der Waals surface area contributed by atoms with E-state index in [1.807, 2.05) is 13.0 Å². The predicted octanol–water partition coefficient (Wildman–Crippen LogP) is 3.53. The Morgan fingerprint density at radius 2 is 2.12 bits per heavy atom. The molecule has 0 spiro atoms. The molecule has 0 radical (unpaired) electrons. The van der Waals surface area contributed by atoms with Crippen LogP contribution in [0.15, 0.2) is 34.7 Å². The Bertz CT molecular complexity index is 491. The topological polar surface area (TPSA) is 42.6 Å². The zero-order valence-electron chi connectivity index (χ0n) is 8.74. The summed E-state index contributed by atoms with van der Waals surface area (Å²) in [5, 5.41) is 9.53. The summed E-state index contributed by atoms with van der Waals surface area (Å²) in [7, 11) is 0. The van der Waals surface area contributed by atoms with E-state index in [-0.39, 0.29) is 6.61 Å². The van der Waals surface area contributed by atoms with Crippen molar-refractivity contribution in [3.8, 4) is 11.7 Å². The number of halogens is 1. The molecule has 16 heavy (non-hydrogen) atoms. The van der Waals surface area contributed by atoms with E-state index < -0.39 is 0 Å². The Morgan fingerprint density at radius 1 is 1.31 bits per heavy atom. The van der Waals surface area contributed by atoms with Gasteiger partial charge in [0, 0.05) is 11.1 Å². The molecular formula is C12H11ClO3. The maximum atomic E-state index is 8.83. The number of aryl methyl sites for hydroxylation is 1. The monoisotopic (exact) mass is 238 g/mol. The molecule has 3 nitrogen and oxygen atoms in total. The number of hydrogen-bond acceptors (Lipinski definition) is 3. The van der Waals surface area contributed by atoms with Gasteiger partial charge in [0.05, 0.1) is 0 Å². The van der Waals surface area contributed by atoms with Gasteiger partial charge in [-0.25, -0.2) is 0 Å². The highest BCUT2D eigenvalue weighted by Crippen LogP contribution is 2.27. The van der Waals surface area contributed by atoms with E-state index in [1.54, 1.807) is 24.3 Å². The molecule has 4 heteroatoms. The first-order valence-corrected chi connectivity index (χ1v) is 5.20. The maximum Gasteiger partial charge on any atom is 0.290 e. The lowest BCUT2D eigenvalue weighted by atomic mass is 10.2. The molecule has 0 bridgehead atoms. The summed E-state index contributed by atoms with van der Waals surface area (Å²) in [5.41, 5.74) is 0.938. The molecule has 0 unspecified atom stereocenters. The van der Waals surface area contributed by atoms with E-state index >= 15 is 0 Å². The number of aliphatic hydroxyl groups excluding tert-OH is 1. The second-order valence-electron chi connectivity index (χ2n) is 3.39. The SMILES string of the molecule is Cc1cc(Oc2ccc(CO)o2)ccc1Cl. The summed E-state index contributed by atoms with van der Waals surface area (Å²) in [6, 6.07) is 8.68. The van der Waals surface area contributed by atoms with Gasteiger partial charge in [0.2, 0.25) is 0 Å². The lowest BCUT2D eigenvalue weighted by Crippen LogP contribution is -1.83. The van der Waals surface area contributed by atoms with Gasteiger partial charge < -0.3 is 14.3 Å². The molecule has 0 fully saturated rings. The minimum Gasteiger partial charge on any atom is -0.428 e. The van der Waals surface area contributed by atoms with Gasteiger partial charge in [-0.3, -0.25) is 0 Å². The molecule has 0 atom stereocenters. The van der Waals surface area contributed by atoms with Crippen LogP contribution in [0.5, 0.6) is 11.7 Å². The van der Waals surface area contributed by atoms with Crippen molar-refractivity contribution in [3.05, 3.63) is 46.7 Å². The molecule has 0 aliphatic rings. The van der Waals surface area contributed by atoms with E-state index in [4.69, 9.17) is 25.9 Å². The van der Waals surface area contributed by atoms with E-state index in [9.17, 15) is 0 Å². The molecule has 1 heterocycles. The maximum absolute atomic E-state index is 8.83. The largest absolute Gasteiger partial charge is 0.428 e. The van der Waals surface area contributed by atoms with Crippen molar-refractivity contribution < 1.29 is 14.3 Å². The summed E-state index contributed by atoms with van der Waals surface area (Å²) < 4.78 is 10.7. The van der Waals surface area contributed by atoms with Crippen molar-refractivity contribution in [1.29, 1.82) is 0 Å². The molecule has 2 aromatic rings. The molecule has 0 aliphatic carbocycles. The van der Waals surface area contributed by atoms with Crippen molar-refractivity contribution >= 4 is 11.6 Å². The van der Waals surface area contributed by atoms with Gasteiger partial charge >= 0.3 is 0 Å². The highest BCUT2D eigenvalue weighted by molar-refractivity contribution is 6.31. The lowest BCUT2D eigenvalue weighted by molar-refractivity contribution is 0.231. The first-order chi connectivity index (χ1) is 7.69. The molecule has 0 saturated heterocycles. The van der Waals surface area contributed by atoms with Crippen molar-refractivity contribution in [2.75, 3.05) is 0 Å². The number of ether oxygens (including phenoxy) is 1. The number of rotatable bonds is 3. The quantitative estimate of drug-likeness (QED) is 0.890. The van der Waals surface area contributed by atoms with Crippen LogP contribution < -0.4 is 4.74 Å². The fraction of sp³-hybridized carbons (Fsp3) is 0.167. The molecule has 84 valence electrons. The van der Waals surface area contributed by atoms with E-state index in [2.05, 4.69) is 0 Å². The lowest BCUT2D eigenvalue weighted by Gasteiger charge is -2.04. The Kier molecular flexibility index (Phi) is 3.17. The number of benzene rings is 1. The highest BCUT2D eigenvalue weighted by atomic mass is 35.5. The predicted molar refractivity (Wildman–Crippen MR) is 60.9 cm³/mol. The van der Waals surface area contributed by atoms with Crippen LogP contribution in [0.25, 0.3) is 0 Å². The third kappa shape index (κ3) is 2.38. The summed E-state index contributed by atoms with van der Waals surface area (Å²) >= 11 is 5.90. The number of hydrogen-bond donors (Lipinski definition) is 1. The summed E-state index contributed by atoms with van der Waals surface area (Å²) in [6.45, 7) is 1.76. The van der Waals surface area contributed by atoms with Gasteiger partial charge in [0.15, 0.2) is 0 Å². The van der Waals surface area contributed by atoms with Crippen molar-refractivity contribution in [3.63, 3.8) is 0 Å². The first-order valence-electron chi connectivity index (χ1n) is 4.82. The Morgan fingerprint density at radius 3 is 2.75 bits per heavy atom. The Labute approximate surface area is 98.2 Å². The Hall–Kier alpha value is -1.45. The van der Waals surface area contributed by atoms with Gasteiger partial charge in [-0.15, -0.1) is 0 Å². The average molecular weight is 239 g/mol. The van der Waals surface area contributed by atoms with Gasteiger partial charge in [-0.1, -0.05) is 11.6 Å². The third-order valence-electron chi connectivity index (χ3n) is 2.14. The highest BCUT2D eigenvalue weighted by Gasteiger charge is 2.04. The van der Waals surface area contributed by atoms with Crippen LogP contribution in [0.4, 0.5) is 0 Å². The molecule has 1 N–H and O–H groups in total. The van der Waals surface area contributed by atoms with Gasteiger partial charge in [-0.2, -0.15) is 0 Å². The van der Waals surface area contributed by atoms with Gasteiger partial charge in [0.1, 0.15) is 18.1 Å². The van der Waals surface area contributed by atoms with Crippen LogP contribution >= 0.6 is 11.6 Å². The van der Waals surface area contributed by atoms with E-state index in [0.29, 0.717) is 22.5 Å². The molecule has 0 aliphatic heterocycles.